The van der Waals surface area contributed by atoms with Crippen molar-refractivity contribution in [2.45, 2.75) is 108 Å². The van der Waals surface area contributed by atoms with E-state index in [1.54, 1.807) is 26.0 Å². The van der Waals surface area contributed by atoms with Gasteiger partial charge in [0.2, 0.25) is 5.91 Å². The Labute approximate surface area is 341 Å². The van der Waals surface area contributed by atoms with Gasteiger partial charge in [-0.05, 0) is 44.6 Å². The summed E-state index contributed by atoms with van der Waals surface area (Å²) < 4.78 is 65.5. The van der Waals surface area contributed by atoms with Crippen molar-refractivity contribution in [1.82, 2.24) is 4.98 Å². The molecule has 1 fully saturated rings. The van der Waals surface area contributed by atoms with Gasteiger partial charge in [0.1, 0.15) is 30.1 Å². The molecule has 0 aliphatic carbocycles. The number of unbranched alkanes of at least 4 members (excludes halogenated alkanes) is 4. The highest BCUT2D eigenvalue weighted by Gasteiger charge is 2.65. The molecule has 58 heavy (non-hydrogen) atoms. The maximum Gasteiger partial charge on any atom is 0.432 e. The van der Waals surface area contributed by atoms with E-state index in [4.69, 9.17) is 18.9 Å². The number of methoxy groups -OCH3 is 1. The molecule has 0 saturated carbocycles. The molecule has 18 heteroatoms. The van der Waals surface area contributed by atoms with E-state index in [0.29, 0.717) is 25.0 Å². The number of aliphatic hydroxyl groups is 3. The fourth-order valence-electron chi connectivity index (χ4n) is 6.51. The minimum Gasteiger partial charge on any atom is -0.463 e. The highest BCUT2D eigenvalue weighted by Crippen LogP contribution is 2.44. The van der Waals surface area contributed by atoms with E-state index in [9.17, 15) is 47.7 Å². The van der Waals surface area contributed by atoms with Crippen LogP contribution in [0.15, 0.2) is 64.3 Å². The highest BCUT2D eigenvalue weighted by molar-refractivity contribution is 7.70. The number of aromatic amines is 1. The number of alkyl halides is 3. The molecule has 3 heterocycles. The van der Waals surface area contributed by atoms with Gasteiger partial charge in [0.05, 0.1) is 29.9 Å². The number of anilines is 1. The molecule has 1 aromatic carbocycles. The largest absolute Gasteiger partial charge is 0.463 e. The van der Waals surface area contributed by atoms with Crippen molar-refractivity contribution >= 4 is 44.2 Å². The van der Waals surface area contributed by atoms with Crippen molar-refractivity contribution < 1.29 is 61.8 Å². The molecular weight excluding hydrogens is 806 g/mol. The van der Waals surface area contributed by atoms with Crippen molar-refractivity contribution in [3.63, 3.8) is 0 Å². The molecule has 1 aromatic rings. The maximum absolute atomic E-state index is 14.7. The van der Waals surface area contributed by atoms with E-state index in [2.05, 4.69) is 10.3 Å². The van der Waals surface area contributed by atoms with Gasteiger partial charge in [0.15, 0.2) is 0 Å². The maximum atomic E-state index is 14.7. The summed E-state index contributed by atoms with van der Waals surface area (Å²) in [6.07, 6.45) is -4.59. The van der Waals surface area contributed by atoms with Gasteiger partial charge < -0.3 is 44.6 Å². The standard InChI is InChI=1S/C40H51F3N2O11S2/c1-23(25(3)46)14-13-15-26-21-55-35(33(50)34(26)56-38(52)39(53-4,40(41,42)43)27-16-9-8-10-17-27)32(49)24(2)20-30(48)54-19-12-7-5-6-11-18-29(47)45-31-36-28(22-57-58-36)44-37(31)51/h8-10,13-14,16-17,20,22-23,25-26,32-35,46,49-50H,5-7,11-12,15,18-19,21H2,1-4H3,(H,44,51)(H,45,47)/b14-13+,24-20+/t23?,25-,26-,32+,33+,34+,35-,39-/m0/s1. The monoisotopic (exact) mass is 856 g/mol. The molecule has 3 aliphatic rings. The number of ether oxygens (including phenoxy) is 4. The van der Waals surface area contributed by atoms with Crippen LogP contribution in [0, 0.1) is 11.8 Å². The fraction of sp³-hybridized carbons (Fsp3) is 0.550. The number of hydrogen-bond donors (Lipinski definition) is 5. The molecule has 0 bridgehead atoms. The Morgan fingerprint density at radius 1 is 1.09 bits per heavy atom. The van der Waals surface area contributed by atoms with E-state index < -0.39 is 65.7 Å². The second-order valence-corrected chi connectivity index (χ2v) is 16.4. The van der Waals surface area contributed by atoms with Crippen molar-refractivity contribution in [2.75, 3.05) is 25.6 Å². The molecule has 13 nitrogen and oxygen atoms in total. The highest BCUT2D eigenvalue weighted by atomic mass is 32.9. The Balaban J connectivity index is 1.31. The summed E-state index contributed by atoms with van der Waals surface area (Å²) in [7, 11) is 3.60. The number of rotatable bonds is 20. The molecule has 320 valence electrons. The predicted molar refractivity (Wildman–Crippen MR) is 211 cm³/mol. The second-order valence-electron chi connectivity index (χ2n) is 14.4. The van der Waals surface area contributed by atoms with Gasteiger partial charge in [-0.25, -0.2) is 9.59 Å². The van der Waals surface area contributed by atoms with Gasteiger partial charge in [0, 0.05) is 36.5 Å². The van der Waals surface area contributed by atoms with Crippen LogP contribution in [0.1, 0.15) is 71.3 Å². The number of esters is 2. The van der Waals surface area contributed by atoms with Crippen LogP contribution >= 0.6 is 20.7 Å². The van der Waals surface area contributed by atoms with Crippen LogP contribution in [0.4, 0.5) is 18.9 Å². The fourth-order valence-corrected chi connectivity index (χ4v) is 8.67. The number of fused-ring (bicyclic) bond motifs is 1. The molecule has 5 N–H and O–H groups in total. The molecule has 3 aliphatic heterocycles. The van der Waals surface area contributed by atoms with E-state index in [-0.39, 0.29) is 54.7 Å². The van der Waals surface area contributed by atoms with Crippen LogP contribution in [0.2, 0.25) is 0 Å². The number of aliphatic hydroxyl groups excluding tert-OH is 3. The van der Waals surface area contributed by atoms with Crippen LogP contribution < -0.4 is 10.9 Å². The van der Waals surface area contributed by atoms with Crippen molar-refractivity contribution in [3.05, 3.63) is 75.4 Å². The van der Waals surface area contributed by atoms with Gasteiger partial charge in [-0.1, -0.05) is 89.4 Å². The topological polar surface area (TPSA) is 194 Å². The lowest BCUT2D eigenvalue weighted by molar-refractivity contribution is -0.284. The van der Waals surface area contributed by atoms with Gasteiger partial charge in [-0.15, -0.1) is 0 Å². The number of allylic oxidation sites excluding steroid dienone is 1. The lowest BCUT2D eigenvalue weighted by Crippen LogP contribution is -2.59. The van der Waals surface area contributed by atoms with Gasteiger partial charge in [0.25, 0.3) is 11.2 Å². The van der Waals surface area contributed by atoms with Crippen LogP contribution in [-0.2, 0) is 38.9 Å². The Morgan fingerprint density at radius 2 is 1.78 bits per heavy atom. The van der Waals surface area contributed by atoms with E-state index in [1.165, 1.54) is 45.8 Å². The van der Waals surface area contributed by atoms with Gasteiger partial charge >= 0.3 is 18.1 Å². The summed E-state index contributed by atoms with van der Waals surface area (Å²) in [5.74, 6) is -4.01. The van der Waals surface area contributed by atoms with Crippen LogP contribution in [0.5, 0.6) is 0 Å². The lowest BCUT2D eigenvalue weighted by atomic mass is 9.85. The molecule has 0 aromatic heterocycles. The van der Waals surface area contributed by atoms with Crippen LogP contribution in [-0.4, -0.2) is 95.2 Å². The molecule has 0 spiro atoms. The Hall–Kier alpha value is -3.91. The first-order chi connectivity index (χ1) is 27.5. The quantitative estimate of drug-likeness (QED) is 0.0291. The van der Waals surface area contributed by atoms with Crippen molar-refractivity contribution in [3.8, 4) is 10.6 Å². The van der Waals surface area contributed by atoms with E-state index in [1.807, 2.05) is 5.38 Å². The van der Waals surface area contributed by atoms with Crippen molar-refractivity contribution in [1.29, 1.82) is 0 Å². The van der Waals surface area contributed by atoms with Crippen LogP contribution in [0.3, 0.4) is 0 Å². The third-order valence-electron chi connectivity index (χ3n) is 10.1. The third-order valence-corrected chi connectivity index (χ3v) is 12.2. The number of hydrogen-bond acceptors (Lipinski definition) is 13. The molecule has 1 saturated heterocycles. The van der Waals surface area contributed by atoms with Gasteiger partial charge in [-0.3, -0.25) is 9.59 Å². The number of aromatic nitrogens is 1. The smallest absolute Gasteiger partial charge is 0.432 e. The number of carbonyl (C=O) groups excluding carboxylic acids is 3. The zero-order valence-electron chi connectivity index (χ0n) is 32.7. The summed E-state index contributed by atoms with van der Waals surface area (Å²) in [6.45, 7) is 4.54. The SMILES string of the molecule is CO[C@](C(=O)O[C@@H]1[C@@H](C/C=C/C(C)[C@H](C)O)CO[C@@H]([C@H](O)/C(C)=C/C(=O)OCCCCCCCC(=O)Nc2c3sscc-3[nH]c2=O)[C@@H]1O)(c1ccccc1)C(F)(F)F. The number of nitrogens with one attached hydrogen (secondary N) is 2. The zero-order valence-corrected chi connectivity index (χ0v) is 34.3. The minimum atomic E-state index is -5.28. The summed E-state index contributed by atoms with van der Waals surface area (Å²) in [6, 6.07) is 6.22. The number of halogens is 3. The Morgan fingerprint density at radius 3 is 2.45 bits per heavy atom. The molecule has 4 rings (SSSR count). The summed E-state index contributed by atoms with van der Waals surface area (Å²) in [5, 5.41) is 37.0. The van der Waals surface area contributed by atoms with Crippen LogP contribution in [0.25, 0.3) is 10.6 Å². The second kappa shape index (κ2) is 21.4. The Kier molecular flexibility index (Phi) is 17.2. The summed E-state index contributed by atoms with van der Waals surface area (Å²) in [4.78, 5) is 54.1. The number of H-pyrrole nitrogens is 1. The zero-order chi connectivity index (χ0) is 42.6. The molecule has 8 atom stereocenters. The molecular formula is C40H51F3N2O11S2. The average Bonchev–Trinajstić information content (AvgIpc) is 3.74. The Bertz CT molecular complexity index is 1880. The first-order valence-electron chi connectivity index (χ1n) is 19.0. The van der Waals surface area contributed by atoms with Crippen molar-refractivity contribution in [2.24, 2.45) is 11.8 Å². The normalized spacial score (nSPS) is 21.7. The van der Waals surface area contributed by atoms with E-state index in [0.717, 1.165) is 43.0 Å². The predicted octanol–water partition coefficient (Wildman–Crippen LogP) is 6.09. The first-order valence-corrected chi connectivity index (χ1v) is 21.2. The van der Waals surface area contributed by atoms with Gasteiger partial charge in [-0.2, -0.15) is 13.2 Å². The summed E-state index contributed by atoms with van der Waals surface area (Å²) >= 11 is 0. The number of carbonyl (C=O) groups is 3. The molecule has 1 unspecified atom stereocenters. The minimum absolute atomic E-state index is 0.0245. The number of amides is 1. The molecule has 1 amide bonds. The van der Waals surface area contributed by atoms with E-state index >= 15 is 0 Å². The third kappa shape index (κ3) is 11.6. The average molecular weight is 857 g/mol. The number of benzene rings is 1. The lowest BCUT2D eigenvalue weighted by Gasteiger charge is -2.43. The first kappa shape index (κ1) is 46.8. The summed E-state index contributed by atoms with van der Waals surface area (Å²) in [5.41, 5.74) is -3.40. The molecule has 0 radical (unpaired) electrons.